The molecule has 0 spiro atoms. The molecule has 204 valence electrons. The molecule has 0 saturated heterocycles. The smallest absolute Gasteiger partial charge is 0.197 e. The van der Waals surface area contributed by atoms with Crippen molar-refractivity contribution >= 4 is 58.0 Å². The Balaban J connectivity index is 1.19. The highest BCUT2D eigenvalue weighted by Gasteiger charge is 2.48. The summed E-state index contributed by atoms with van der Waals surface area (Å²) in [6.45, 7) is 8.78. The van der Waals surface area contributed by atoms with Gasteiger partial charge in [0.05, 0.1) is 11.1 Å². The fourth-order valence-electron chi connectivity index (χ4n) is 6.97. The number of carbonyl (C=O) groups excluding carboxylic acids is 4. The number of Topliss-reactive ketones (excluding diaryl/α,β-unsaturated/α-hetero) is 4. The van der Waals surface area contributed by atoms with Crippen LogP contribution in [0.15, 0.2) is 77.4 Å². The molecule has 0 atom stereocenters. The number of hydrogen-bond acceptors (Lipinski definition) is 6. The Kier molecular flexibility index (Phi) is 4.96. The molecule has 0 saturated carbocycles. The van der Waals surface area contributed by atoms with Crippen molar-refractivity contribution in [2.24, 2.45) is 0 Å². The molecule has 2 aromatic carbocycles. The maximum absolute atomic E-state index is 13.1. The van der Waals surface area contributed by atoms with Crippen LogP contribution in [0.2, 0.25) is 0 Å². The predicted octanol–water partition coefficient (Wildman–Crippen LogP) is 8.26. The number of allylic oxidation sites excluding steroid dienone is 4. The maximum Gasteiger partial charge on any atom is 0.197 e. The first-order chi connectivity index (χ1) is 20.0. The predicted molar refractivity (Wildman–Crippen MR) is 167 cm³/mol. The van der Waals surface area contributed by atoms with Gasteiger partial charge in [-0.15, -0.1) is 22.7 Å². The zero-order valence-electron chi connectivity index (χ0n) is 23.4. The standard InChI is InChI=1S/C36H24O4S2/c1-35(2)17(13-23-29(37)19-9-5-6-10-20(19)30(23)38)14-26-27(35)28-34(42-26)33-25(36(28,3)4)16-18(41-33)15-24-31(39)21-11-7-8-12-22(21)32(24)40/h5-16H,1-4H3. The zero-order valence-corrected chi connectivity index (χ0v) is 25.0. The Morgan fingerprint density at radius 3 is 1.62 bits per heavy atom. The van der Waals surface area contributed by atoms with Crippen LogP contribution in [0.3, 0.4) is 0 Å². The Bertz CT molecular complexity index is 2030. The summed E-state index contributed by atoms with van der Waals surface area (Å²) in [6, 6.07) is 16.1. The molecule has 0 N–H and O–H groups in total. The van der Waals surface area contributed by atoms with Crippen LogP contribution < -0.4 is 0 Å². The monoisotopic (exact) mass is 584 g/mol. The molecule has 0 amide bonds. The molecular formula is C36H24O4S2. The van der Waals surface area contributed by atoms with Gasteiger partial charge in [0, 0.05) is 52.6 Å². The van der Waals surface area contributed by atoms with Gasteiger partial charge in [0.1, 0.15) is 0 Å². The largest absolute Gasteiger partial charge is 0.288 e. The first kappa shape index (κ1) is 25.5. The molecule has 4 aromatic rings. The van der Waals surface area contributed by atoms with E-state index in [0.29, 0.717) is 22.3 Å². The summed E-state index contributed by atoms with van der Waals surface area (Å²) in [7, 11) is 0. The fourth-order valence-corrected chi connectivity index (χ4v) is 9.95. The highest BCUT2D eigenvalue weighted by molar-refractivity contribution is 7.23. The number of carbonyl (C=O) groups is 4. The molecule has 4 nitrogen and oxygen atoms in total. The third-order valence-electron chi connectivity index (χ3n) is 9.22. The van der Waals surface area contributed by atoms with E-state index in [0.717, 1.165) is 15.3 Å². The summed E-state index contributed by atoms with van der Waals surface area (Å²) in [5.41, 5.74) is 6.34. The van der Waals surface area contributed by atoms with Gasteiger partial charge in [-0.25, -0.2) is 0 Å². The molecule has 0 bridgehead atoms. The van der Waals surface area contributed by atoms with Crippen molar-refractivity contribution in [3.05, 3.63) is 126 Å². The van der Waals surface area contributed by atoms with Crippen LogP contribution in [-0.4, -0.2) is 23.1 Å². The molecule has 0 unspecified atom stereocenters. The molecule has 0 aliphatic heterocycles. The number of rotatable bonds is 2. The maximum atomic E-state index is 13.1. The Labute approximate surface area is 250 Å². The minimum atomic E-state index is -0.396. The van der Waals surface area contributed by atoms with Crippen LogP contribution in [0, 0.1) is 0 Å². The van der Waals surface area contributed by atoms with Gasteiger partial charge in [0.15, 0.2) is 23.1 Å². The van der Waals surface area contributed by atoms with Gasteiger partial charge in [-0.3, -0.25) is 19.2 Å². The number of benzene rings is 2. The van der Waals surface area contributed by atoms with E-state index in [1.165, 1.54) is 26.4 Å². The molecule has 0 radical (unpaired) electrons. The highest BCUT2D eigenvalue weighted by Crippen LogP contribution is 2.62. The van der Waals surface area contributed by atoms with Gasteiger partial charge < -0.3 is 0 Å². The second kappa shape index (κ2) is 8.18. The molecule has 42 heavy (non-hydrogen) atoms. The third kappa shape index (κ3) is 3.11. The Morgan fingerprint density at radius 1 is 0.595 bits per heavy atom. The molecule has 0 fully saturated rings. The van der Waals surface area contributed by atoms with E-state index in [9.17, 15) is 19.2 Å². The molecular weight excluding hydrogens is 561 g/mol. The topological polar surface area (TPSA) is 68.3 Å². The normalized spacial score (nSPS) is 18.6. The van der Waals surface area contributed by atoms with E-state index < -0.39 is 5.41 Å². The Hall–Kier alpha value is -4.26. The van der Waals surface area contributed by atoms with Crippen molar-refractivity contribution in [1.29, 1.82) is 0 Å². The zero-order chi connectivity index (χ0) is 29.3. The van der Waals surface area contributed by atoms with E-state index in [4.69, 9.17) is 0 Å². The average Bonchev–Trinajstić information content (AvgIpc) is 3.75. The van der Waals surface area contributed by atoms with Crippen molar-refractivity contribution in [2.75, 3.05) is 0 Å². The molecule has 8 rings (SSSR count). The van der Waals surface area contributed by atoms with Crippen LogP contribution in [-0.2, 0) is 10.8 Å². The molecule has 2 heterocycles. The van der Waals surface area contributed by atoms with Crippen molar-refractivity contribution in [2.45, 2.75) is 38.5 Å². The summed E-state index contributed by atoms with van der Waals surface area (Å²) in [5.74, 6) is -0.844. The molecule has 2 aromatic heterocycles. The van der Waals surface area contributed by atoms with E-state index >= 15 is 0 Å². The number of thiophene rings is 2. The van der Waals surface area contributed by atoms with E-state index in [1.54, 1.807) is 83.4 Å². The summed E-state index contributed by atoms with van der Waals surface area (Å²) in [4.78, 5) is 56.7. The summed E-state index contributed by atoms with van der Waals surface area (Å²) >= 11 is 3.36. The van der Waals surface area contributed by atoms with Crippen molar-refractivity contribution in [1.82, 2.24) is 0 Å². The SMILES string of the molecule is CC1(C)C(C=C2C(=O)c3ccccc3C2=O)=Cc2sc3c(c21)C(C)(C)c1cc(C=C2C(=O)c4ccccc4C2=O)sc1-3. The van der Waals surface area contributed by atoms with Crippen LogP contribution in [0.5, 0.6) is 0 Å². The van der Waals surface area contributed by atoms with E-state index in [1.807, 2.05) is 0 Å². The van der Waals surface area contributed by atoms with Gasteiger partial charge in [-0.05, 0) is 46.6 Å². The summed E-state index contributed by atoms with van der Waals surface area (Å²) < 4.78 is 0. The minimum absolute atomic E-state index is 0.209. The van der Waals surface area contributed by atoms with Crippen LogP contribution in [0.25, 0.3) is 21.9 Å². The second-order valence-electron chi connectivity index (χ2n) is 12.3. The number of ketones is 4. The van der Waals surface area contributed by atoms with Gasteiger partial charge in [-0.1, -0.05) is 76.2 Å². The van der Waals surface area contributed by atoms with Crippen LogP contribution in [0.1, 0.15) is 95.6 Å². The summed E-state index contributed by atoms with van der Waals surface area (Å²) in [6.07, 6.45) is 5.69. The molecule has 6 heteroatoms. The number of fused-ring (bicyclic) bond motifs is 7. The lowest BCUT2D eigenvalue weighted by Crippen LogP contribution is -2.24. The quantitative estimate of drug-likeness (QED) is 0.176. The van der Waals surface area contributed by atoms with Crippen LogP contribution >= 0.6 is 22.7 Å². The highest BCUT2D eigenvalue weighted by atomic mass is 32.1. The minimum Gasteiger partial charge on any atom is -0.288 e. The van der Waals surface area contributed by atoms with Gasteiger partial charge >= 0.3 is 0 Å². The van der Waals surface area contributed by atoms with Crippen molar-refractivity contribution in [3.63, 3.8) is 0 Å². The van der Waals surface area contributed by atoms with E-state index in [-0.39, 0.29) is 39.7 Å². The molecule has 4 aliphatic rings. The lowest BCUT2D eigenvalue weighted by atomic mass is 9.73. The fraction of sp³-hybridized carbons (Fsp3) is 0.167. The molecule has 4 aliphatic carbocycles. The van der Waals surface area contributed by atoms with E-state index in [2.05, 4.69) is 39.8 Å². The van der Waals surface area contributed by atoms with Gasteiger partial charge in [-0.2, -0.15) is 0 Å². The van der Waals surface area contributed by atoms with Gasteiger partial charge in [0.25, 0.3) is 0 Å². The third-order valence-corrected chi connectivity index (χ3v) is 11.6. The van der Waals surface area contributed by atoms with Gasteiger partial charge in [0.2, 0.25) is 0 Å². The first-order valence-corrected chi connectivity index (χ1v) is 15.5. The van der Waals surface area contributed by atoms with Crippen molar-refractivity contribution < 1.29 is 19.2 Å². The number of hydrogen-bond donors (Lipinski definition) is 0. The lowest BCUT2D eigenvalue weighted by Gasteiger charge is -2.29. The lowest BCUT2D eigenvalue weighted by molar-refractivity contribution is 0.0974. The first-order valence-electron chi connectivity index (χ1n) is 13.8. The Morgan fingerprint density at radius 2 is 1.10 bits per heavy atom. The van der Waals surface area contributed by atoms with Crippen LogP contribution in [0.4, 0.5) is 0 Å². The van der Waals surface area contributed by atoms with Crippen molar-refractivity contribution in [3.8, 4) is 9.75 Å². The second-order valence-corrected chi connectivity index (χ2v) is 14.4. The average molecular weight is 585 g/mol. The summed E-state index contributed by atoms with van der Waals surface area (Å²) in [5, 5.41) is 0.